The van der Waals surface area contributed by atoms with Gasteiger partial charge in [0.15, 0.2) is 5.78 Å². The van der Waals surface area contributed by atoms with Crippen molar-refractivity contribution in [1.82, 2.24) is 0 Å². The van der Waals surface area contributed by atoms with Crippen molar-refractivity contribution < 1.29 is 19.0 Å². The number of ether oxygens (including phenoxy) is 3. The molecule has 4 nitrogen and oxygen atoms in total. The van der Waals surface area contributed by atoms with E-state index in [0.717, 1.165) is 6.42 Å². The summed E-state index contributed by atoms with van der Waals surface area (Å²) in [5.41, 5.74) is 0.439. The Kier molecular flexibility index (Phi) is 5.49. The Labute approximate surface area is 101 Å². The Morgan fingerprint density at radius 3 is 2.24 bits per heavy atom. The molecule has 94 valence electrons. The molecule has 0 aliphatic heterocycles. The molecule has 1 rings (SSSR count). The van der Waals surface area contributed by atoms with Crippen LogP contribution in [0, 0.1) is 0 Å². The average molecular weight is 238 g/mol. The summed E-state index contributed by atoms with van der Waals surface area (Å²) in [5.74, 6) is 0.886. The molecule has 4 heteroatoms. The Balaban J connectivity index is 2.89. The minimum absolute atomic E-state index is 0.0462. The maximum Gasteiger partial charge on any atom is 0.195 e. The summed E-state index contributed by atoms with van der Waals surface area (Å²) in [4.78, 5) is 12.0. The number of rotatable bonds is 7. The largest absolute Gasteiger partial charge is 0.496 e. The Morgan fingerprint density at radius 2 is 1.76 bits per heavy atom. The molecule has 0 fully saturated rings. The lowest BCUT2D eigenvalue weighted by atomic mass is 10.1. The Bertz CT molecular complexity index is 351. The lowest BCUT2D eigenvalue weighted by Crippen LogP contribution is -2.12. The van der Waals surface area contributed by atoms with E-state index in [2.05, 4.69) is 0 Å². The maximum absolute atomic E-state index is 12.0. The van der Waals surface area contributed by atoms with Crippen LogP contribution >= 0.6 is 0 Å². The molecule has 0 N–H and O–H groups in total. The number of carbonyl (C=O) groups excluding carboxylic acids is 1. The number of methoxy groups -OCH3 is 2. The molecule has 0 radical (unpaired) electrons. The fraction of sp³-hybridized carbons (Fsp3) is 0.462. The summed E-state index contributed by atoms with van der Waals surface area (Å²) in [6.45, 7) is 2.61. The first-order valence-corrected chi connectivity index (χ1v) is 5.56. The first kappa shape index (κ1) is 13.5. The van der Waals surface area contributed by atoms with Gasteiger partial charge in [0, 0.05) is 6.61 Å². The van der Waals surface area contributed by atoms with E-state index in [1.54, 1.807) is 18.2 Å². The number of ketones is 1. The van der Waals surface area contributed by atoms with Gasteiger partial charge in [-0.2, -0.15) is 0 Å². The van der Waals surface area contributed by atoms with Gasteiger partial charge in [0.05, 0.1) is 14.2 Å². The van der Waals surface area contributed by atoms with Gasteiger partial charge in [-0.3, -0.25) is 4.79 Å². The van der Waals surface area contributed by atoms with Crippen molar-refractivity contribution in [3.05, 3.63) is 23.8 Å². The first-order chi connectivity index (χ1) is 8.24. The molecular formula is C13H18O4. The first-order valence-electron chi connectivity index (χ1n) is 5.56. The second-order valence-corrected chi connectivity index (χ2v) is 3.51. The van der Waals surface area contributed by atoms with Crippen LogP contribution in [0.3, 0.4) is 0 Å². The minimum Gasteiger partial charge on any atom is -0.496 e. The molecular weight excluding hydrogens is 220 g/mol. The standard InChI is InChI=1S/C13H18O4/c1-4-8-17-9-10(14)13-11(15-2)6-5-7-12(13)16-3/h5-7H,4,8-9H2,1-3H3. The Hall–Kier alpha value is -1.55. The van der Waals surface area contributed by atoms with E-state index >= 15 is 0 Å². The summed E-state index contributed by atoms with van der Waals surface area (Å²) in [6, 6.07) is 5.24. The van der Waals surface area contributed by atoms with Gasteiger partial charge >= 0.3 is 0 Å². The van der Waals surface area contributed by atoms with Crippen molar-refractivity contribution >= 4 is 5.78 Å². The normalized spacial score (nSPS) is 10.1. The zero-order valence-corrected chi connectivity index (χ0v) is 10.5. The SMILES string of the molecule is CCCOCC(=O)c1c(OC)cccc1OC. The highest BCUT2D eigenvalue weighted by Crippen LogP contribution is 2.28. The molecule has 0 spiro atoms. The van der Waals surface area contributed by atoms with Crippen LogP contribution in [0.25, 0.3) is 0 Å². The van der Waals surface area contributed by atoms with Gasteiger partial charge in [0.2, 0.25) is 0 Å². The minimum atomic E-state index is -0.132. The number of hydrogen-bond donors (Lipinski definition) is 0. The molecule has 0 atom stereocenters. The second-order valence-electron chi connectivity index (χ2n) is 3.51. The number of hydrogen-bond acceptors (Lipinski definition) is 4. The molecule has 17 heavy (non-hydrogen) atoms. The molecule has 0 aromatic heterocycles. The highest BCUT2D eigenvalue weighted by atomic mass is 16.5. The third kappa shape index (κ3) is 3.46. The van der Waals surface area contributed by atoms with E-state index in [1.807, 2.05) is 6.92 Å². The molecule has 0 heterocycles. The topological polar surface area (TPSA) is 44.8 Å². The molecule has 0 aliphatic rings. The monoisotopic (exact) mass is 238 g/mol. The van der Waals surface area contributed by atoms with Crippen molar-refractivity contribution in [2.45, 2.75) is 13.3 Å². The van der Waals surface area contributed by atoms with Crippen LogP contribution in [0.4, 0.5) is 0 Å². The third-order valence-corrected chi connectivity index (χ3v) is 2.29. The van der Waals surface area contributed by atoms with Gasteiger partial charge in [-0.05, 0) is 18.6 Å². The second kappa shape index (κ2) is 6.91. The molecule has 0 saturated carbocycles. The predicted molar refractivity (Wildman–Crippen MR) is 65.0 cm³/mol. The van der Waals surface area contributed by atoms with E-state index in [4.69, 9.17) is 14.2 Å². The van der Waals surface area contributed by atoms with Crippen molar-refractivity contribution in [1.29, 1.82) is 0 Å². The number of benzene rings is 1. The zero-order chi connectivity index (χ0) is 12.7. The molecule has 0 bridgehead atoms. The molecule has 0 aliphatic carbocycles. The highest BCUT2D eigenvalue weighted by Gasteiger charge is 2.17. The molecule has 1 aromatic rings. The van der Waals surface area contributed by atoms with Gasteiger partial charge in [-0.15, -0.1) is 0 Å². The van der Waals surface area contributed by atoms with Gasteiger partial charge in [0.25, 0.3) is 0 Å². The van der Waals surface area contributed by atoms with Crippen molar-refractivity contribution in [2.75, 3.05) is 27.4 Å². The van der Waals surface area contributed by atoms with Crippen molar-refractivity contribution in [2.24, 2.45) is 0 Å². The summed E-state index contributed by atoms with van der Waals surface area (Å²) in [5, 5.41) is 0. The van der Waals surface area contributed by atoms with E-state index in [-0.39, 0.29) is 12.4 Å². The maximum atomic E-state index is 12.0. The number of carbonyl (C=O) groups is 1. The summed E-state index contributed by atoms with van der Waals surface area (Å²) >= 11 is 0. The van der Waals surface area contributed by atoms with E-state index < -0.39 is 0 Å². The van der Waals surface area contributed by atoms with E-state index in [1.165, 1.54) is 14.2 Å². The molecule has 1 aromatic carbocycles. The smallest absolute Gasteiger partial charge is 0.195 e. The van der Waals surface area contributed by atoms with Crippen LogP contribution in [-0.2, 0) is 4.74 Å². The number of Topliss-reactive ketones (excluding diaryl/α,β-unsaturated/α-hetero) is 1. The molecule has 0 amide bonds. The quantitative estimate of drug-likeness (QED) is 0.540. The lowest BCUT2D eigenvalue weighted by Gasteiger charge is -2.11. The Morgan fingerprint density at radius 1 is 1.18 bits per heavy atom. The van der Waals surface area contributed by atoms with Crippen LogP contribution < -0.4 is 9.47 Å². The van der Waals surface area contributed by atoms with E-state index in [9.17, 15) is 4.79 Å². The van der Waals surface area contributed by atoms with Crippen LogP contribution in [0.2, 0.25) is 0 Å². The summed E-state index contributed by atoms with van der Waals surface area (Å²) in [7, 11) is 3.05. The molecule has 0 saturated heterocycles. The molecule has 0 unspecified atom stereocenters. The van der Waals surface area contributed by atoms with Crippen LogP contribution in [-0.4, -0.2) is 33.2 Å². The summed E-state index contributed by atoms with van der Waals surface area (Å²) in [6.07, 6.45) is 0.885. The highest BCUT2D eigenvalue weighted by molar-refractivity contribution is 6.02. The van der Waals surface area contributed by atoms with Gasteiger partial charge in [-0.1, -0.05) is 13.0 Å². The van der Waals surface area contributed by atoms with Crippen molar-refractivity contribution in [3.63, 3.8) is 0 Å². The fourth-order valence-corrected chi connectivity index (χ4v) is 1.51. The lowest BCUT2D eigenvalue weighted by molar-refractivity contribution is 0.0755. The van der Waals surface area contributed by atoms with Crippen molar-refractivity contribution in [3.8, 4) is 11.5 Å². The fourth-order valence-electron chi connectivity index (χ4n) is 1.51. The average Bonchev–Trinajstić information content (AvgIpc) is 2.37. The third-order valence-electron chi connectivity index (χ3n) is 2.29. The van der Waals surface area contributed by atoms with Gasteiger partial charge in [-0.25, -0.2) is 0 Å². The van der Waals surface area contributed by atoms with Gasteiger partial charge in [0.1, 0.15) is 23.7 Å². The predicted octanol–water partition coefficient (Wildman–Crippen LogP) is 2.31. The summed E-state index contributed by atoms with van der Waals surface area (Å²) < 4.78 is 15.6. The van der Waals surface area contributed by atoms with Crippen LogP contribution in [0.1, 0.15) is 23.7 Å². The van der Waals surface area contributed by atoms with E-state index in [0.29, 0.717) is 23.7 Å². The zero-order valence-electron chi connectivity index (χ0n) is 10.5. The van der Waals surface area contributed by atoms with Gasteiger partial charge < -0.3 is 14.2 Å². The van der Waals surface area contributed by atoms with Crippen LogP contribution in [0.5, 0.6) is 11.5 Å². The van der Waals surface area contributed by atoms with Crippen LogP contribution in [0.15, 0.2) is 18.2 Å².